The highest BCUT2D eigenvalue weighted by atomic mass is 35.5. The fourth-order valence-electron chi connectivity index (χ4n) is 2.88. The van der Waals surface area contributed by atoms with Crippen LogP contribution in [0.25, 0.3) is 11.3 Å². The van der Waals surface area contributed by atoms with Gasteiger partial charge in [0.25, 0.3) is 5.91 Å². The molecule has 1 amide bonds. The third-order valence-corrected chi connectivity index (χ3v) is 5.01. The summed E-state index contributed by atoms with van der Waals surface area (Å²) in [5.74, 6) is -0.797. The van der Waals surface area contributed by atoms with Crippen molar-refractivity contribution in [2.75, 3.05) is 0 Å². The average Bonchev–Trinajstić information content (AvgIpc) is 3.38. The Labute approximate surface area is 180 Å². The van der Waals surface area contributed by atoms with Crippen molar-refractivity contribution in [2.24, 2.45) is 0 Å². The monoisotopic (exact) mass is 444 g/mol. The molecule has 0 unspecified atom stereocenters. The van der Waals surface area contributed by atoms with Gasteiger partial charge in [0.2, 0.25) is 0 Å². The molecule has 2 heterocycles. The Morgan fingerprint density at radius 2 is 1.93 bits per heavy atom. The number of amides is 1. The topological polar surface area (TPSA) is 88.5 Å². The summed E-state index contributed by atoms with van der Waals surface area (Å²) < 4.78 is 14.6. The summed E-state index contributed by atoms with van der Waals surface area (Å²) in [6.45, 7) is 0.520. The molecular weight excluding hydrogens is 430 g/mol. The highest BCUT2D eigenvalue weighted by Gasteiger charge is 2.14. The number of rotatable bonds is 6. The molecule has 30 heavy (non-hydrogen) atoms. The lowest BCUT2D eigenvalue weighted by atomic mass is 10.1. The van der Waals surface area contributed by atoms with Crippen LogP contribution in [-0.4, -0.2) is 31.1 Å². The lowest BCUT2D eigenvalue weighted by Gasteiger charge is -2.05. The van der Waals surface area contributed by atoms with Crippen molar-refractivity contribution in [3.8, 4) is 11.3 Å². The maximum Gasteiger partial charge on any atom is 0.273 e. The Morgan fingerprint density at radius 3 is 2.70 bits per heavy atom. The predicted molar refractivity (Wildman–Crippen MR) is 111 cm³/mol. The minimum absolute atomic E-state index is 0.157. The van der Waals surface area contributed by atoms with E-state index < -0.39 is 5.82 Å². The lowest BCUT2D eigenvalue weighted by molar-refractivity contribution is 0.0946. The molecule has 0 atom stereocenters. The van der Waals surface area contributed by atoms with E-state index >= 15 is 0 Å². The van der Waals surface area contributed by atoms with E-state index in [0.717, 1.165) is 16.8 Å². The summed E-state index contributed by atoms with van der Waals surface area (Å²) in [5.41, 5.74) is 3.34. The lowest BCUT2D eigenvalue weighted by Crippen LogP contribution is -2.23. The Balaban J connectivity index is 1.41. The van der Waals surface area contributed by atoms with E-state index in [0.29, 0.717) is 10.6 Å². The zero-order valence-corrected chi connectivity index (χ0v) is 17.0. The van der Waals surface area contributed by atoms with E-state index in [9.17, 15) is 9.18 Å². The summed E-state index contributed by atoms with van der Waals surface area (Å²) >= 11 is 12.0. The van der Waals surface area contributed by atoms with Crippen LogP contribution in [0.4, 0.5) is 4.39 Å². The molecule has 2 aromatic heterocycles. The molecule has 0 aliphatic rings. The molecule has 4 aromatic rings. The van der Waals surface area contributed by atoms with E-state index in [4.69, 9.17) is 23.2 Å². The van der Waals surface area contributed by atoms with E-state index in [2.05, 4.69) is 25.8 Å². The molecule has 0 spiro atoms. The molecule has 0 saturated carbocycles. The smallest absolute Gasteiger partial charge is 0.273 e. The van der Waals surface area contributed by atoms with Crippen molar-refractivity contribution in [2.45, 2.75) is 13.1 Å². The van der Waals surface area contributed by atoms with Crippen molar-refractivity contribution in [1.82, 2.24) is 30.5 Å². The first-order valence-corrected chi connectivity index (χ1v) is 9.65. The quantitative estimate of drug-likeness (QED) is 0.468. The van der Waals surface area contributed by atoms with Crippen molar-refractivity contribution in [3.63, 3.8) is 0 Å². The summed E-state index contributed by atoms with van der Waals surface area (Å²) in [5, 5.41) is 18.5. The molecule has 0 radical (unpaired) electrons. The van der Waals surface area contributed by atoms with Gasteiger partial charge in [-0.3, -0.25) is 9.89 Å². The largest absolute Gasteiger partial charge is 0.346 e. The van der Waals surface area contributed by atoms with E-state index in [-0.39, 0.29) is 29.7 Å². The highest BCUT2D eigenvalue weighted by molar-refractivity contribution is 6.31. The summed E-state index contributed by atoms with van der Waals surface area (Å²) in [4.78, 5) is 12.5. The number of aromatic nitrogens is 5. The van der Waals surface area contributed by atoms with Gasteiger partial charge in [0.15, 0.2) is 5.69 Å². The maximum absolute atomic E-state index is 13.2. The third kappa shape index (κ3) is 4.50. The van der Waals surface area contributed by atoms with Crippen LogP contribution >= 0.6 is 23.2 Å². The second kappa shape index (κ2) is 8.64. The predicted octanol–water partition coefficient (Wildman–Crippen LogP) is 4.09. The average molecular weight is 445 g/mol. The van der Waals surface area contributed by atoms with E-state index in [1.165, 1.54) is 23.0 Å². The van der Waals surface area contributed by atoms with Crippen molar-refractivity contribution in [3.05, 3.63) is 87.5 Å². The number of carbonyl (C=O) groups excluding carboxylic acids is 1. The van der Waals surface area contributed by atoms with E-state index in [1.807, 2.05) is 12.1 Å². The Kier molecular flexibility index (Phi) is 5.78. The minimum Gasteiger partial charge on any atom is -0.346 e. The zero-order chi connectivity index (χ0) is 21.1. The second-order valence-corrected chi connectivity index (χ2v) is 7.34. The first-order chi connectivity index (χ1) is 14.5. The zero-order valence-electron chi connectivity index (χ0n) is 15.4. The van der Waals surface area contributed by atoms with Gasteiger partial charge in [-0.25, -0.2) is 9.07 Å². The Morgan fingerprint density at radius 1 is 1.13 bits per heavy atom. The molecule has 0 fully saturated rings. The van der Waals surface area contributed by atoms with E-state index in [1.54, 1.807) is 24.4 Å². The number of hydrogen-bond acceptors (Lipinski definition) is 4. The molecule has 0 aliphatic carbocycles. The number of hydrogen-bond donors (Lipinski definition) is 2. The summed E-state index contributed by atoms with van der Waals surface area (Å²) in [6, 6.07) is 11.4. The van der Waals surface area contributed by atoms with Crippen LogP contribution in [0.5, 0.6) is 0 Å². The van der Waals surface area contributed by atoms with Crippen LogP contribution in [0.1, 0.15) is 21.6 Å². The number of nitrogens with one attached hydrogen (secondary N) is 2. The third-order valence-electron chi connectivity index (χ3n) is 4.41. The summed E-state index contributed by atoms with van der Waals surface area (Å²) in [6.07, 6.45) is 3.15. The van der Waals surface area contributed by atoms with Gasteiger partial charge in [0, 0.05) is 22.2 Å². The molecule has 7 nitrogen and oxygen atoms in total. The molecule has 10 heteroatoms. The minimum atomic E-state index is -0.417. The normalized spacial score (nSPS) is 10.9. The fourth-order valence-corrected chi connectivity index (χ4v) is 3.23. The molecule has 152 valence electrons. The van der Waals surface area contributed by atoms with Gasteiger partial charge < -0.3 is 5.32 Å². The van der Waals surface area contributed by atoms with Gasteiger partial charge in [-0.2, -0.15) is 5.10 Å². The van der Waals surface area contributed by atoms with Crippen LogP contribution in [0.15, 0.2) is 54.9 Å². The molecule has 0 bridgehead atoms. The molecule has 4 rings (SSSR count). The first-order valence-electron chi connectivity index (χ1n) is 8.90. The molecule has 2 N–H and O–H groups in total. The van der Waals surface area contributed by atoms with Gasteiger partial charge in [0.1, 0.15) is 5.82 Å². The molecule has 2 aromatic carbocycles. The maximum atomic E-state index is 13.2. The van der Waals surface area contributed by atoms with Crippen molar-refractivity contribution >= 4 is 29.1 Å². The van der Waals surface area contributed by atoms with Crippen molar-refractivity contribution in [1.29, 1.82) is 0 Å². The number of benzene rings is 2. The SMILES string of the molecule is O=C(NCc1cn[nH]c1-c1ccc(Cl)cc1)c1cn(Cc2ccc(F)cc2Cl)nn1. The van der Waals surface area contributed by atoms with Gasteiger partial charge in [-0.15, -0.1) is 5.10 Å². The van der Waals surface area contributed by atoms with Crippen LogP contribution in [-0.2, 0) is 13.1 Å². The van der Waals surface area contributed by atoms with Gasteiger partial charge >= 0.3 is 0 Å². The van der Waals surface area contributed by atoms with Crippen LogP contribution < -0.4 is 5.32 Å². The van der Waals surface area contributed by atoms with Crippen LogP contribution in [0.3, 0.4) is 0 Å². The number of carbonyl (C=O) groups is 1. The highest BCUT2D eigenvalue weighted by Crippen LogP contribution is 2.23. The Hall–Kier alpha value is -3.23. The molecule has 0 saturated heterocycles. The van der Waals surface area contributed by atoms with Crippen molar-refractivity contribution < 1.29 is 9.18 Å². The number of halogens is 3. The standard InChI is InChI=1S/C20H15Cl2FN6O/c21-15-4-1-12(2-5-15)19-14(9-25-27-19)8-24-20(30)18-11-29(28-26-18)10-13-3-6-16(23)7-17(13)22/h1-7,9,11H,8,10H2,(H,24,30)(H,25,27). The summed E-state index contributed by atoms with van der Waals surface area (Å²) in [7, 11) is 0. The van der Waals surface area contributed by atoms with Gasteiger partial charge in [-0.1, -0.05) is 46.6 Å². The second-order valence-electron chi connectivity index (χ2n) is 6.50. The van der Waals surface area contributed by atoms with Crippen LogP contribution in [0, 0.1) is 5.82 Å². The number of aromatic amines is 1. The van der Waals surface area contributed by atoms with Gasteiger partial charge in [-0.05, 0) is 35.4 Å². The van der Waals surface area contributed by atoms with Gasteiger partial charge in [0.05, 0.1) is 24.6 Å². The fraction of sp³-hybridized carbons (Fsp3) is 0.100. The number of H-pyrrole nitrogens is 1. The first kappa shape index (κ1) is 20.1. The Bertz CT molecular complexity index is 1190. The van der Waals surface area contributed by atoms with Crippen LogP contribution in [0.2, 0.25) is 10.0 Å². The number of nitrogens with zero attached hydrogens (tertiary/aromatic N) is 4. The molecule has 0 aliphatic heterocycles. The molecular formula is C20H15Cl2FN6O.